The van der Waals surface area contributed by atoms with Crippen LogP contribution in [0.25, 0.3) is 0 Å². The highest BCUT2D eigenvalue weighted by Crippen LogP contribution is 2.51. The molecule has 1 heterocycles. The first kappa shape index (κ1) is 26.5. The van der Waals surface area contributed by atoms with Gasteiger partial charge in [0.2, 0.25) is 5.88 Å². The van der Waals surface area contributed by atoms with Crippen molar-refractivity contribution in [1.29, 1.82) is 5.26 Å². The molecule has 37 heavy (non-hydrogen) atoms. The highest BCUT2D eigenvalue weighted by molar-refractivity contribution is 5.51. The van der Waals surface area contributed by atoms with Crippen molar-refractivity contribution in [2.75, 3.05) is 20.8 Å². The molecule has 4 rings (SSSR count). The Kier molecular flexibility index (Phi) is 7.75. The maximum Gasteiger partial charge on any atom is 0.217 e. The number of aromatic nitrogens is 1. The highest BCUT2D eigenvalue weighted by Gasteiger charge is 2.45. The lowest BCUT2D eigenvalue weighted by molar-refractivity contribution is 0.210. The number of ether oxygens (including phenoxy) is 3. The van der Waals surface area contributed by atoms with Crippen molar-refractivity contribution in [1.82, 2.24) is 4.98 Å². The van der Waals surface area contributed by atoms with Gasteiger partial charge in [-0.2, -0.15) is 5.26 Å². The van der Waals surface area contributed by atoms with E-state index < -0.39 is 6.10 Å². The van der Waals surface area contributed by atoms with Crippen molar-refractivity contribution >= 4 is 0 Å². The summed E-state index contributed by atoms with van der Waals surface area (Å²) in [5, 5.41) is 21.4. The molecule has 1 aliphatic carbocycles. The minimum atomic E-state index is -0.909. The first-order chi connectivity index (χ1) is 17.7. The monoisotopic (exact) mass is 500 g/mol. The number of hydrogen-bond donors (Lipinski definition) is 1. The Morgan fingerprint density at radius 2 is 1.68 bits per heavy atom. The lowest BCUT2D eigenvalue weighted by Gasteiger charge is -2.27. The van der Waals surface area contributed by atoms with Crippen LogP contribution in [0.4, 0.5) is 0 Å². The van der Waals surface area contributed by atoms with Gasteiger partial charge in [0.15, 0.2) is 0 Å². The fraction of sp³-hybridized carbons (Fsp3) is 0.419. The van der Waals surface area contributed by atoms with Gasteiger partial charge in [-0.25, -0.2) is 4.98 Å². The minimum absolute atomic E-state index is 0.0197. The normalized spacial score (nSPS) is 14.7. The SMILES string of the molecule is COc1ccc(OCC2(Cc3c(C)nc(OC)c(C(C)C)c3C(O)c3cc(C)cc(C#N)c3)CC2)cc1. The summed E-state index contributed by atoms with van der Waals surface area (Å²) < 4.78 is 17.1. The lowest BCUT2D eigenvalue weighted by Crippen LogP contribution is -2.21. The van der Waals surface area contributed by atoms with Gasteiger partial charge in [0.05, 0.1) is 32.5 Å². The molecule has 1 atom stereocenters. The molecule has 0 radical (unpaired) electrons. The molecule has 1 aromatic heterocycles. The van der Waals surface area contributed by atoms with Crippen LogP contribution >= 0.6 is 0 Å². The van der Waals surface area contributed by atoms with Gasteiger partial charge < -0.3 is 19.3 Å². The zero-order valence-electron chi connectivity index (χ0n) is 22.6. The number of nitriles is 1. The van der Waals surface area contributed by atoms with Crippen LogP contribution in [0.15, 0.2) is 42.5 Å². The Bertz CT molecular complexity index is 1300. The Morgan fingerprint density at radius 3 is 2.24 bits per heavy atom. The molecule has 2 aromatic carbocycles. The van der Waals surface area contributed by atoms with E-state index >= 15 is 0 Å². The van der Waals surface area contributed by atoms with Crippen molar-refractivity contribution in [3.63, 3.8) is 0 Å². The molecule has 1 fully saturated rings. The van der Waals surface area contributed by atoms with Gasteiger partial charge in [-0.3, -0.25) is 0 Å². The first-order valence-electron chi connectivity index (χ1n) is 12.7. The second kappa shape index (κ2) is 10.8. The third-order valence-corrected chi connectivity index (χ3v) is 7.25. The van der Waals surface area contributed by atoms with Gasteiger partial charge in [-0.05, 0) is 97.7 Å². The van der Waals surface area contributed by atoms with Gasteiger partial charge >= 0.3 is 0 Å². The summed E-state index contributed by atoms with van der Waals surface area (Å²) in [4.78, 5) is 4.81. The molecule has 0 saturated heterocycles. The minimum Gasteiger partial charge on any atom is -0.497 e. The van der Waals surface area contributed by atoms with E-state index in [-0.39, 0.29) is 11.3 Å². The van der Waals surface area contributed by atoms with Crippen LogP contribution in [-0.2, 0) is 6.42 Å². The number of pyridine rings is 1. The van der Waals surface area contributed by atoms with Crippen LogP contribution in [0.1, 0.15) is 77.8 Å². The molecule has 6 nitrogen and oxygen atoms in total. The topological polar surface area (TPSA) is 84.6 Å². The second-order valence-corrected chi connectivity index (χ2v) is 10.5. The van der Waals surface area contributed by atoms with E-state index in [1.54, 1.807) is 20.3 Å². The van der Waals surface area contributed by atoms with Gasteiger partial charge in [-0.1, -0.05) is 19.9 Å². The van der Waals surface area contributed by atoms with E-state index in [9.17, 15) is 10.4 Å². The lowest BCUT2D eigenvalue weighted by atomic mass is 9.83. The number of aliphatic hydroxyl groups excluding tert-OH is 1. The third-order valence-electron chi connectivity index (χ3n) is 7.25. The Labute approximate surface area is 219 Å². The molecule has 6 heteroatoms. The summed E-state index contributed by atoms with van der Waals surface area (Å²) in [5.74, 6) is 2.22. The van der Waals surface area contributed by atoms with Crippen LogP contribution in [0.3, 0.4) is 0 Å². The van der Waals surface area contributed by atoms with E-state index in [1.807, 2.05) is 50.2 Å². The molecule has 0 aliphatic heterocycles. The van der Waals surface area contributed by atoms with E-state index in [1.165, 1.54) is 0 Å². The largest absolute Gasteiger partial charge is 0.497 e. The predicted octanol–water partition coefficient (Wildman–Crippen LogP) is 6.19. The fourth-order valence-corrected chi connectivity index (χ4v) is 5.04. The molecule has 1 unspecified atom stereocenters. The van der Waals surface area contributed by atoms with Crippen molar-refractivity contribution in [2.45, 2.75) is 59.0 Å². The maximum absolute atomic E-state index is 11.8. The van der Waals surface area contributed by atoms with Gasteiger partial charge in [0.25, 0.3) is 0 Å². The molecule has 3 aromatic rings. The molecule has 1 aliphatic rings. The van der Waals surface area contributed by atoms with Crippen LogP contribution in [0.2, 0.25) is 0 Å². The summed E-state index contributed by atoms with van der Waals surface area (Å²) >= 11 is 0. The quantitative estimate of drug-likeness (QED) is 0.357. The Balaban J connectivity index is 1.73. The Morgan fingerprint density at radius 1 is 1.00 bits per heavy atom. The molecule has 0 spiro atoms. The zero-order chi connectivity index (χ0) is 26.7. The third kappa shape index (κ3) is 5.73. The van der Waals surface area contributed by atoms with Crippen molar-refractivity contribution in [3.8, 4) is 23.4 Å². The number of nitrogens with zero attached hydrogens (tertiary/aromatic N) is 2. The van der Waals surface area contributed by atoms with Crippen LogP contribution in [0, 0.1) is 30.6 Å². The van der Waals surface area contributed by atoms with E-state index in [4.69, 9.17) is 19.2 Å². The highest BCUT2D eigenvalue weighted by atomic mass is 16.5. The number of benzene rings is 2. The summed E-state index contributed by atoms with van der Waals surface area (Å²) in [7, 11) is 3.27. The molecule has 1 saturated carbocycles. The first-order valence-corrected chi connectivity index (χ1v) is 12.7. The Hall–Kier alpha value is -3.56. The summed E-state index contributed by atoms with van der Waals surface area (Å²) in [5.41, 5.74) is 5.77. The average Bonchev–Trinajstić information content (AvgIpc) is 3.67. The summed E-state index contributed by atoms with van der Waals surface area (Å²) in [6.07, 6.45) is 1.93. The number of rotatable bonds is 10. The average molecular weight is 501 g/mol. The summed E-state index contributed by atoms with van der Waals surface area (Å²) in [6, 6.07) is 15.4. The molecule has 194 valence electrons. The predicted molar refractivity (Wildman–Crippen MR) is 143 cm³/mol. The molecule has 1 N–H and O–H groups in total. The standard InChI is InChI=1S/C31H36N2O4/c1-19(2)27-28(29(34)23-14-20(3)13-22(15-23)17-32)26(21(4)33-30(27)36-6)16-31(11-12-31)18-37-25-9-7-24(35-5)8-10-25/h7-10,13-15,19,29,34H,11-12,16,18H2,1-6H3. The van der Waals surface area contributed by atoms with Crippen molar-refractivity contribution in [3.05, 3.63) is 81.5 Å². The summed E-state index contributed by atoms with van der Waals surface area (Å²) in [6.45, 7) is 8.68. The van der Waals surface area contributed by atoms with E-state index in [2.05, 4.69) is 19.9 Å². The zero-order valence-corrected chi connectivity index (χ0v) is 22.6. The number of methoxy groups -OCH3 is 2. The van der Waals surface area contributed by atoms with E-state index in [0.717, 1.165) is 58.7 Å². The van der Waals surface area contributed by atoms with Crippen LogP contribution < -0.4 is 14.2 Å². The maximum atomic E-state index is 11.8. The number of hydrogen-bond acceptors (Lipinski definition) is 6. The number of aryl methyl sites for hydroxylation is 2. The number of aliphatic hydroxyl groups is 1. The van der Waals surface area contributed by atoms with Crippen LogP contribution in [0.5, 0.6) is 17.4 Å². The molecule has 0 amide bonds. The smallest absolute Gasteiger partial charge is 0.217 e. The fourth-order valence-electron chi connectivity index (χ4n) is 5.04. The van der Waals surface area contributed by atoms with Crippen molar-refractivity contribution < 1.29 is 19.3 Å². The van der Waals surface area contributed by atoms with Gasteiger partial charge in [0.1, 0.15) is 17.6 Å². The molecular weight excluding hydrogens is 464 g/mol. The van der Waals surface area contributed by atoms with Gasteiger partial charge in [0, 0.05) is 16.7 Å². The van der Waals surface area contributed by atoms with Crippen LogP contribution in [-0.4, -0.2) is 30.9 Å². The second-order valence-electron chi connectivity index (χ2n) is 10.5. The molecule has 0 bridgehead atoms. The van der Waals surface area contributed by atoms with Crippen molar-refractivity contribution in [2.24, 2.45) is 5.41 Å². The molecular formula is C31H36N2O4. The van der Waals surface area contributed by atoms with Gasteiger partial charge in [-0.15, -0.1) is 0 Å². The van der Waals surface area contributed by atoms with E-state index in [0.29, 0.717) is 23.6 Å².